The normalized spacial score (nSPS) is 25.1. The Balaban J connectivity index is 0.00000312. The van der Waals surface area contributed by atoms with Crippen molar-refractivity contribution in [1.29, 1.82) is 0 Å². The zero-order valence-corrected chi connectivity index (χ0v) is 19.7. The average molecular weight is 505 g/mol. The number of hydrogen-bond donors (Lipinski definition) is 1. The number of thioether (sulfide) groups is 1. The summed E-state index contributed by atoms with van der Waals surface area (Å²) in [6.45, 7) is 9.74. The number of aliphatic imine (C=N–C) groups is 1. The van der Waals surface area contributed by atoms with Crippen LogP contribution in [-0.4, -0.2) is 80.2 Å². The molecule has 0 aromatic rings. The molecule has 0 saturated carbocycles. The summed E-state index contributed by atoms with van der Waals surface area (Å²) >= 11 is 1.87. The minimum atomic E-state index is -3.04. The summed E-state index contributed by atoms with van der Waals surface area (Å²) in [4.78, 5) is 6.97. The zero-order valence-electron chi connectivity index (χ0n) is 15.7. The zero-order chi connectivity index (χ0) is 17.8. The Bertz CT molecular complexity index is 561. The second-order valence-corrected chi connectivity index (χ2v) is 11.2. The van der Waals surface area contributed by atoms with E-state index in [1.165, 1.54) is 0 Å². The van der Waals surface area contributed by atoms with E-state index in [2.05, 4.69) is 16.5 Å². The van der Waals surface area contributed by atoms with Crippen LogP contribution in [0.1, 0.15) is 33.6 Å². The molecule has 0 bridgehead atoms. The Morgan fingerprint density at radius 2 is 1.96 bits per heavy atom. The fraction of sp³-hybridized carbons (Fsp3) is 0.938. The lowest BCUT2D eigenvalue weighted by atomic mass is 9.99. The Morgan fingerprint density at radius 1 is 1.32 bits per heavy atom. The second kappa shape index (κ2) is 9.45. The summed E-state index contributed by atoms with van der Waals surface area (Å²) in [5, 5.41) is 3.34. The summed E-state index contributed by atoms with van der Waals surface area (Å²) in [5.74, 6) is 1.02. The van der Waals surface area contributed by atoms with Crippen LogP contribution in [0.15, 0.2) is 4.99 Å². The lowest BCUT2D eigenvalue weighted by Gasteiger charge is -2.40. The molecule has 0 spiro atoms. The highest BCUT2D eigenvalue weighted by Crippen LogP contribution is 2.34. The molecule has 148 valence electrons. The smallest absolute Gasteiger partial charge is 0.194 e. The van der Waals surface area contributed by atoms with Crippen LogP contribution in [0.25, 0.3) is 0 Å². The van der Waals surface area contributed by atoms with Crippen molar-refractivity contribution in [2.45, 2.75) is 43.1 Å². The van der Waals surface area contributed by atoms with Crippen LogP contribution in [-0.2, 0) is 14.6 Å². The van der Waals surface area contributed by atoms with E-state index in [9.17, 15) is 8.42 Å². The second-order valence-electron chi connectivity index (χ2n) is 7.17. The molecule has 0 aliphatic carbocycles. The average Bonchev–Trinajstić information content (AvgIpc) is 2.55. The molecule has 0 aromatic heterocycles. The number of guanidine groups is 1. The third-order valence-corrected chi connectivity index (χ3v) is 8.97. The molecule has 2 rings (SSSR count). The fourth-order valence-electron chi connectivity index (χ4n) is 3.14. The molecule has 0 atom stereocenters. The Morgan fingerprint density at radius 3 is 2.48 bits per heavy atom. The molecule has 1 N–H and O–H groups in total. The number of hydrogen-bond acceptors (Lipinski definition) is 5. The standard InChI is InChI=1S/C16H31N3O3S2.HI/c1-5-17-14(18-12-16(23-4)6-9-22-10-7-16)19-8-11-24(20,21)15(2,3)13-19;/h5-13H2,1-4H3,(H,17,18);1H. The third-order valence-electron chi connectivity index (χ3n) is 5.03. The van der Waals surface area contributed by atoms with Crippen molar-refractivity contribution in [3.8, 4) is 0 Å². The van der Waals surface area contributed by atoms with E-state index >= 15 is 0 Å². The Kier molecular flexibility index (Phi) is 8.81. The summed E-state index contributed by atoms with van der Waals surface area (Å²) in [6.07, 6.45) is 4.16. The van der Waals surface area contributed by atoms with Gasteiger partial charge in [0.15, 0.2) is 15.8 Å². The van der Waals surface area contributed by atoms with E-state index in [1.807, 2.05) is 18.7 Å². The molecule has 6 nitrogen and oxygen atoms in total. The molecular formula is C16H32IN3O3S2. The number of rotatable bonds is 4. The summed E-state index contributed by atoms with van der Waals surface area (Å²) in [5.41, 5.74) is 0. The van der Waals surface area contributed by atoms with Crippen LogP contribution in [0.2, 0.25) is 0 Å². The van der Waals surface area contributed by atoms with Gasteiger partial charge in [0.25, 0.3) is 0 Å². The van der Waals surface area contributed by atoms with Crippen molar-refractivity contribution in [2.75, 3.05) is 51.4 Å². The van der Waals surface area contributed by atoms with E-state index in [-0.39, 0.29) is 34.5 Å². The third kappa shape index (κ3) is 5.62. The van der Waals surface area contributed by atoms with Gasteiger partial charge < -0.3 is 15.0 Å². The maximum atomic E-state index is 12.2. The van der Waals surface area contributed by atoms with Gasteiger partial charge in [-0.05, 0) is 39.9 Å². The minimum Gasteiger partial charge on any atom is -0.381 e. The first-order valence-electron chi connectivity index (χ1n) is 8.64. The van der Waals surface area contributed by atoms with Gasteiger partial charge in [-0.25, -0.2) is 8.42 Å². The largest absolute Gasteiger partial charge is 0.381 e. The Hall–Kier alpha value is 0.260. The van der Waals surface area contributed by atoms with Crippen molar-refractivity contribution in [3.05, 3.63) is 0 Å². The van der Waals surface area contributed by atoms with Crippen molar-refractivity contribution in [1.82, 2.24) is 10.2 Å². The molecule has 0 radical (unpaired) electrons. The van der Waals surface area contributed by atoms with Gasteiger partial charge >= 0.3 is 0 Å². The highest BCUT2D eigenvalue weighted by molar-refractivity contribution is 14.0. The van der Waals surface area contributed by atoms with Gasteiger partial charge in [-0.15, -0.1) is 24.0 Å². The van der Waals surface area contributed by atoms with Gasteiger partial charge in [0.2, 0.25) is 0 Å². The van der Waals surface area contributed by atoms with Gasteiger partial charge in [0.05, 0.1) is 17.0 Å². The summed E-state index contributed by atoms with van der Waals surface area (Å²) < 4.78 is 29.3. The fourth-order valence-corrected chi connectivity index (χ4v) is 5.27. The van der Waals surface area contributed by atoms with Gasteiger partial charge in [-0.1, -0.05) is 0 Å². The van der Waals surface area contributed by atoms with Crippen LogP contribution >= 0.6 is 35.7 Å². The molecule has 2 aliphatic heterocycles. The maximum Gasteiger partial charge on any atom is 0.194 e. The van der Waals surface area contributed by atoms with Crippen LogP contribution < -0.4 is 5.32 Å². The van der Waals surface area contributed by atoms with Crippen LogP contribution in [0.3, 0.4) is 0 Å². The molecule has 2 heterocycles. The lowest BCUT2D eigenvalue weighted by molar-refractivity contribution is 0.0793. The number of ether oxygens (including phenoxy) is 1. The van der Waals surface area contributed by atoms with E-state index in [0.717, 1.165) is 45.1 Å². The van der Waals surface area contributed by atoms with Crippen molar-refractivity contribution in [3.63, 3.8) is 0 Å². The first-order chi connectivity index (χ1) is 11.3. The SMILES string of the molecule is CCNC(=NCC1(SC)CCOCC1)N1CCS(=O)(=O)C(C)(C)C1.I. The highest BCUT2D eigenvalue weighted by atomic mass is 127. The van der Waals surface area contributed by atoms with Crippen molar-refractivity contribution in [2.24, 2.45) is 4.99 Å². The number of halogens is 1. The Labute approximate surface area is 173 Å². The molecule has 2 saturated heterocycles. The summed E-state index contributed by atoms with van der Waals surface area (Å²) in [6, 6.07) is 0. The molecule has 0 amide bonds. The maximum absolute atomic E-state index is 12.2. The molecule has 9 heteroatoms. The molecule has 25 heavy (non-hydrogen) atoms. The van der Waals surface area contributed by atoms with Gasteiger partial charge in [0.1, 0.15) is 0 Å². The van der Waals surface area contributed by atoms with E-state index in [4.69, 9.17) is 9.73 Å². The van der Waals surface area contributed by atoms with Crippen LogP contribution in [0.5, 0.6) is 0 Å². The monoisotopic (exact) mass is 505 g/mol. The predicted molar refractivity (Wildman–Crippen MR) is 117 cm³/mol. The van der Waals surface area contributed by atoms with Gasteiger partial charge in [-0.2, -0.15) is 11.8 Å². The predicted octanol–water partition coefficient (Wildman–Crippen LogP) is 1.99. The number of nitrogens with zero attached hydrogens (tertiary/aromatic N) is 2. The molecule has 0 aromatic carbocycles. The van der Waals surface area contributed by atoms with Crippen LogP contribution in [0.4, 0.5) is 0 Å². The minimum absolute atomic E-state index is 0. The van der Waals surface area contributed by atoms with Crippen molar-refractivity contribution >= 4 is 51.5 Å². The first-order valence-corrected chi connectivity index (χ1v) is 11.5. The lowest BCUT2D eigenvalue weighted by Crippen LogP contribution is -2.57. The molecule has 2 fully saturated rings. The highest BCUT2D eigenvalue weighted by Gasteiger charge is 2.41. The number of sulfone groups is 1. The van der Waals surface area contributed by atoms with E-state index < -0.39 is 14.6 Å². The van der Waals surface area contributed by atoms with E-state index in [0.29, 0.717) is 13.1 Å². The summed E-state index contributed by atoms with van der Waals surface area (Å²) in [7, 11) is -3.04. The van der Waals surface area contributed by atoms with Gasteiger partial charge in [0, 0.05) is 37.6 Å². The molecular weight excluding hydrogens is 473 g/mol. The van der Waals surface area contributed by atoms with E-state index in [1.54, 1.807) is 13.8 Å². The molecule has 0 unspecified atom stereocenters. The molecule has 2 aliphatic rings. The quantitative estimate of drug-likeness (QED) is 0.358. The first kappa shape index (κ1) is 23.3. The van der Waals surface area contributed by atoms with Crippen molar-refractivity contribution < 1.29 is 13.2 Å². The van der Waals surface area contributed by atoms with Gasteiger partial charge in [-0.3, -0.25) is 4.99 Å². The number of nitrogens with one attached hydrogen (secondary N) is 1. The topological polar surface area (TPSA) is 71.0 Å². The van der Waals surface area contributed by atoms with Crippen LogP contribution in [0, 0.1) is 0 Å².